The van der Waals surface area contributed by atoms with Crippen molar-refractivity contribution in [2.75, 3.05) is 13.1 Å². The zero-order valence-electron chi connectivity index (χ0n) is 12.9. The number of benzene rings is 1. The maximum Gasteiger partial charge on any atom is 0.160 e. The van der Waals surface area contributed by atoms with Gasteiger partial charge in [-0.05, 0) is 49.2 Å². The van der Waals surface area contributed by atoms with Gasteiger partial charge in [0, 0.05) is 25.2 Å². The van der Waals surface area contributed by atoms with Crippen LogP contribution in [0.25, 0.3) is 11.2 Å². The van der Waals surface area contributed by atoms with Crippen LogP contribution in [0.2, 0.25) is 0 Å². The van der Waals surface area contributed by atoms with E-state index >= 15 is 0 Å². The molecule has 5 heteroatoms. The second kappa shape index (κ2) is 6.01. The van der Waals surface area contributed by atoms with Gasteiger partial charge in [-0.2, -0.15) is 0 Å². The summed E-state index contributed by atoms with van der Waals surface area (Å²) in [5.41, 5.74) is 2.95. The number of aromatic hydroxyl groups is 1. The number of nitrogens with one attached hydrogen (secondary N) is 1. The quantitative estimate of drug-likeness (QED) is 0.781. The number of aromatic nitrogens is 3. The maximum atomic E-state index is 9.70. The average Bonchev–Trinajstić information content (AvgIpc) is 2.93. The van der Waals surface area contributed by atoms with Gasteiger partial charge < -0.3 is 15.0 Å². The Morgan fingerprint density at radius 1 is 1.26 bits per heavy atom. The van der Waals surface area contributed by atoms with Crippen LogP contribution >= 0.6 is 0 Å². The first-order chi connectivity index (χ1) is 11.3. The molecule has 2 N–H and O–H groups in total. The summed E-state index contributed by atoms with van der Waals surface area (Å²) in [5.74, 6) is 1.31. The van der Waals surface area contributed by atoms with E-state index in [1.165, 1.54) is 6.42 Å². The summed E-state index contributed by atoms with van der Waals surface area (Å²) in [5, 5.41) is 13.2. The van der Waals surface area contributed by atoms with Crippen LogP contribution in [0.15, 0.2) is 42.6 Å². The Kier molecular flexibility index (Phi) is 3.71. The smallest absolute Gasteiger partial charge is 0.160 e. The van der Waals surface area contributed by atoms with Gasteiger partial charge in [0.25, 0.3) is 0 Å². The van der Waals surface area contributed by atoms with Gasteiger partial charge in [0.2, 0.25) is 0 Å². The molecule has 1 saturated heterocycles. The van der Waals surface area contributed by atoms with Gasteiger partial charge in [0.15, 0.2) is 5.65 Å². The molecule has 3 heterocycles. The van der Waals surface area contributed by atoms with Crippen molar-refractivity contribution in [1.82, 2.24) is 19.9 Å². The SMILES string of the molecule is Oc1cccc(Cc2nc3cccnc3n2C2CCCNC2)c1. The van der Waals surface area contributed by atoms with Gasteiger partial charge in [0.05, 0.1) is 0 Å². The third-order valence-electron chi connectivity index (χ3n) is 4.43. The molecule has 0 aliphatic carbocycles. The van der Waals surface area contributed by atoms with Crippen LogP contribution in [0.5, 0.6) is 5.75 Å². The fourth-order valence-electron chi connectivity index (χ4n) is 3.39. The van der Waals surface area contributed by atoms with Gasteiger partial charge in [-0.15, -0.1) is 0 Å². The number of piperidine rings is 1. The van der Waals surface area contributed by atoms with Gasteiger partial charge in [-0.3, -0.25) is 0 Å². The van der Waals surface area contributed by atoms with E-state index in [2.05, 4.69) is 14.9 Å². The van der Waals surface area contributed by atoms with Crippen LogP contribution in [0.3, 0.4) is 0 Å². The van der Waals surface area contributed by atoms with Crippen LogP contribution in [0.4, 0.5) is 0 Å². The Balaban J connectivity index is 1.78. The van der Waals surface area contributed by atoms with E-state index in [1.54, 1.807) is 12.1 Å². The van der Waals surface area contributed by atoms with Crippen molar-refractivity contribution >= 4 is 11.2 Å². The van der Waals surface area contributed by atoms with Gasteiger partial charge in [-0.25, -0.2) is 9.97 Å². The molecular formula is C18H20N4O. The van der Waals surface area contributed by atoms with Crippen LogP contribution in [0.1, 0.15) is 30.3 Å². The molecule has 1 aliphatic heterocycles. The molecule has 1 atom stereocenters. The zero-order chi connectivity index (χ0) is 15.6. The van der Waals surface area contributed by atoms with Crippen molar-refractivity contribution in [2.24, 2.45) is 0 Å². The first-order valence-electron chi connectivity index (χ1n) is 8.12. The van der Waals surface area contributed by atoms with E-state index in [-0.39, 0.29) is 0 Å². The fraction of sp³-hybridized carbons (Fsp3) is 0.333. The maximum absolute atomic E-state index is 9.70. The molecule has 1 unspecified atom stereocenters. The third-order valence-corrected chi connectivity index (χ3v) is 4.43. The number of phenols is 1. The van der Waals surface area contributed by atoms with Gasteiger partial charge >= 0.3 is 0 Å². The lowest BCUT2D eigenvalue weighted by atomic mass is 10.1. The summed E-state index contributed by atoms with van der Waals surface area (Å²) in [6.45, 7) is 2.04. The molecule has 3 aromatic rings. The molecule has 0 spiro atoms. The summed E-state index contributed by atoms with van der Waals surface area (Å²) in [4.78, 5) is 9.36. The number of hydrogen-bond acceptors (Lipinski definition) is 4. The van der Waals surface area contributed by atoms with Gasteiger partial charge in [0.1, 0.15) is 17.1 Å². The molecule has 1 aromatic carbocycles. The first-order valence-corrected chi connectivity index (χ1v) is 8.12. The Labute approximate surface area is 135 Å². The molecule has 4 rings (SSSR count). The standard InChI is InChI=1S/C18H20N4O/c23-15-6-1-4-13(10-15)11-17-21-16-7-3-9-20-18(16)22(17)14-5-2-8-19-12-14/h1,3-4,6-7,9-10,14,19,23H,2,5,8,11-12H2. The minimum absolute atomic E-state index is 0.294. The van der Waals surface area contributed by atoms with E-state index in [1.807, 2.05) is 30.5 Å². The molecule has 23 heavy (non-hydrogen) atoms. The minimum Gasteiger partial charge on any atom is -0.508 e. The predicted octanol–water partition coefficient (Wildman–Crippen LogP) is 2.65. The highest BCUT2D eigenvalue weighted by molar-refractivity contribution is 5.71. The molecule has 118 valence electrons. The summed E-state index contributed by atoms with van der Waals surface area (Å²) in [6.07, 6.45) is 4.83. The lowest BCUT2D eigenvalue weighted by molar-refractivity contribution is 0.370. The number of rotatable bonds is 3. The topological polar surface area (TPSA) is 63.0 Å². The highest BCUT2D eigenvalue weighted by atomic mass is 16.3. The predicted molar refractivity (Wildman–Crippen MR) is 89.6 cm³/mol. The number of hydrogen-bond donors (Lipinski definition) is 2. The van der Waals surface area contributed by atoms with Gasteiger partial charge in [-0.1, -0.05) is 12.1 Å². The van der Waals surface area contributed by atoms with E-state index < -0.39 is 0 Å². The van der Waals surface area contributed by atoms with Crippen LogP contribution < -0.4 is 5.32 Å². The van der Waals surface area contributed by atoms with Crippen molar-refractivity contribution in [1.29, 1.82) is 0 Å². The molecular weight excluding hydrogens is 288 g/mol. The fourth-order valence-corrected chi connectivity index (χ4v) is 3.39. The lowest BCUT2D eigenvalue weighted by Crippen LogP contribution is -2.32. The number of nitrogens with zero attached hydrogens (tertiary/aromatic N) is 3. The van der Waals surface area contributed by atoms with Crippen LogP contribution in [0, 0.1) is 0 Å². The van der Waals surface area contributed by atoms with Crippen molar-refractivity contribution in [3.8, 4) is 5.75 Å². The minimum atomic E-state index is 0.294. The molecule has 5 nitrogen and oxygen atoms in total. The highest BCUT2D eigenvalue weighted by Crippen LogP contribution is 2.26. The van der Waals surface area contributed by atoms with Crippen molar-refractivity contribution in [2.45, 2.75) is 25.3 Å². The summed E-state index contributed by atoms with van der Waals surface area (Å²) >= 11 is 0. The summed E-state index contributed by atoms with van der Waals surface area (Å²) in [7, 11) is 0. The molecule has 1 fully saturated rings. The van der Waals surface area contributed by atoms with E-state index in [0.29, 0.717) is 18.2 Å². The lowest BCUT2D eigenvalue weighted by Gasteiger charge is -2.26. The Bertz CT molecular complexity index is 821. The molecule has 0 radical (unpaired) electrons. The molecule has 0 saturated carbocycles. The third kappa shape index (κ3) is 2.80. The average molecular weight is 308 g/mol. The number of phenolic OH excluding ortho intramolecular Hbond substituents is 1. The largest absolute Gasteiger partial charge is 0.508 e. The molecule has 2 aromatic heterocycles. The normalized spacial score (nSPS) is 18.3. The van der Waals surface area contributed by atoms with E-state index in [9.17, 15) is 5.11 Å². The van der Waals surface area contributed by atoms with E-state index in [4.69, 9.17) is 4.98 Å². The van der Waals surface area contributed by atoms with Crippen LogP contribution in [-0.2, 0) is 6.42 Å². The molecule has 0 amide bonds. The Hall–Kier alpha value is -2.40. The number of pyridine rings is 1. The summed E-state index contributed by atoms with van der Waals surface area (Å²) in [6, 6.07) is 11.7. The highest BCUT2D eigenvalue weighted by Gasteiger charge is 2.22. The van der Waals surface area contributed by atoms with E-state index in [0.717, 1.165) is 42.1 Å². The Morgan fingerprint density at radius 3 is 3.04 bits per heavy atom. The van der Waals surface area contributed by atoms with Crippen LogP contribution in [-0.4, -0.2) is 32.7 Å². The first kappa shape index (κ1) is 14.2. The van der Waals surface area contributed by atoms with Crippen molar-refractivity contribution < 1.29 is 5.11 Å². The number of fused-ring (bicyclic) bond motifs is 1. The monoisotopic (exact) mass is 308 g/mol. The summed E-state index contributed by atoms with van der Waals surface area (Å²) < 4.78 is 2.28. The Morgan fingerprint density at radius 2 is 2.22 bits per heavy atom. The molecule has 0 bridgehead atoms. The second-order valence-corrected chi connectivity index (χ2v) is 6.09. The second-order valence-electron chi connectivity index (χ2n) is 6.09. The molecule has 1 aliphatic rings. The van der Waals surface area contributed by atoms with Crippen molar-refractivity contribution in [3.63, 3.8) is 0 Å². The van der Waals surface area contributed by atoms with Crippen molar-refractivity contribution in [3.05, 3.63) is 54.0 Å². The zero-order valence-corrected chi connectivity index (χ0v) is 12.9. The number of imidazole rings is 1.